The van der Waals surface area contributed by atoms with Crippen LogP contribution >= 0.6 is 11.8 Å². The van der Waals surface area contributed by atoms with E-state index in [0.717, 1.165) is 65.2 Å². The molecular weight excluding hydrogens is 625 g/mol. The number of benzene rings is 1. The van der Waals surface area contributed by atoms with Gasteiger partial charge in [-0.25, -0.2) is 9.67 Å². The van der Waals surface area contributed by atoms with Crippen LogP contribution in [0.3, 0.4) is 0 Å². The molecule has 5 rings (SSSR count). The van der Waals surface area contributed by atoms with Crippen LogP contribution < -0.4 is 4.90 Å². The minimum absolute atomic E-state index is 0.430. The molecular formula is C35H54N6O2SSi2. The minimum Gasteiger partial charge on any atom is -0.361 e. The van der Waals surface area contributed by atoms with Crippen molar-refractivity contribution >= 4 is 39.4 Å². The fourth-order valence-corrected chi connectivity index (χ4v) is 8.24. The number of nitrogens with zero attached hydrogens (tertiary/aromatic N) is 6. The lowest BCUT2D eigenvalue weighted by molar-refractivity contribution is 0.0942. The van der Waals surface area contributed by atoms with E-state index in [4.69, 9.17) is 24.7 Å². The Balaban J connectivity index is 1.50. The van der Waals surface area contributed by atoms with Gasteiger partial charge in [-0.2, -0.15) is 26.5 Å². The van der Waals surface area contributed by atoms with Crippen LogP contribution in [0.1, 0.15) is 37.3 Å². The summed E-state index contributed by atoms with van der Waals surface area (Å²) in [6.45, 7) is 16.8. The lowest BCUT2D eigenvalue weighted by Gasteiger charge is -2.30. The maximum absolute atomic E-state index is 6.36. The molecule has 11 heteroatoms. The number of fused-ring (bicyclic) bond motifs is 1. The summed E-state index contributed by atoms with van der Waals surface area (Å²) >= 11 is 1.97. The van der Waals surface area contributed by atoms with Gasteiger partial charge >= 0.3 is 0 Å². The van der Waals surface area contributed by atoms with Crippen molar-refractivity contribution in [2.24, 2.45) is 5.92 Å². The molecule has 1 saturated carbocycles. The van der Waals surface area contributed by atoms with Crippen LogP contribution in [0.15, 0.2) is 55.0 Å². The topological polar surface area (TPSA) is 69.7 Å². The average Bonchev–Trinajstić information content (AvgIpc) is 3.67. The molecule has 3 heterocycles. The van der Waals surface area contributed by atoms with Crippen LogP contribution in [0.2, 0.25) is 51.4 Å². The molecule has 0 amide bonds. The summed E-state index contributed by atoms with van der Waals surface area (Å²) in [5, 5.41) is 9.62. The lowest BCUT2D eigenvalue weighted by Crippen LogP contribution is -2.33. The van der Waals surface area contributed by atoms with Gasteiger partial charge in [0.25, 0.3) is 0 Å². The second kappa shape index (κ2) is 15.6. The molecule has 46 heavy (non-hydrogen) atoms. The predicted molar refractivity (Wildman–Crippen MR) is 199 cm³/mol. The molecule has 1 fully saturated rings. The monoisotopic (exact) mass is 678 g/mol. The number of para-hydroxylation sites is 1. The van der Waals surface area contributed by atoms with Gasteiger partial charge in [-0.15, -0.1) is 0 Å². The van der Waals surface area contributed by atoms with Crippen molar-refractivity contribution < 1.29 is 9.47 Å². The third-order valence-electron chi connectivity index (χ3n) is 8.87. The fourth-order valence-electron chi connectivity index (χ4n) is 5.92. The molecule has 0 saturated heterocycles. The molecule has 4 aromatic rings. The van der Waals surface area contributed by atoms with Gasteiger partial charge in [0.15, 0.2) is 5.65 Å². The Kier molecular flexibility index (Phi) is 11.9. The lowest BCUT2D eigenvalue weighted by atomic mass is 9.81. The SMILES string of the molecule is CSC[C@H]1CC[C@H](c2cc(N(COCC[Si](C)(C)C)COCC[Si](C)(C)C)n3ncc(-c4cnn(-c5ccccc5)c4)c3n2)CC1. The first-order chi connectivity index (χ1) is 22.0. The molecule has 1 aliphatic rings. The second-order valence-electron chi connectivity index (χ2n) is 15.3. The van der Waals surface area contributed by atoms with Crippen LogP contribution in [0.25, 0.3) is 22.5 Å². The summed E-state index contributed by atoms with van der Waals surface area (Å²) in [7, 11) is -2.42. The number of aromatic nitrogens is 5. The van der Waals surface area contributed by atoms with Crippen molar-refractivity contribution in [3.8, 4) is 16.8 Å². The highest BCUT2D eigenvalue weighted by Crippen LogP contribution is 2.38. The Hall–Kier alpha value is -2.45. The Morgan fingerprint density at radius 3 is 2.13 bits per heavy atom. The molecule has 0 bridgehead atoms. The molecule has 250 valence electrons. The van der Waals surface area contributed by atoms with E-state index in [9.17, 15) is 0 Å². The van der Waals surface area contributed by atoms with E-state index in [0.29, 0.717) is 19.4 Å². The van der Waals surface area contributed by atoms with Crippen LogP contribution in [-0.2, 0) is 9.47 Å². The molecule has 1 aliphatic carbocycles. The molecule has 0 unspecified atom stereocenters. The zero-order valence-corrected chi connectivity index (χ0v) is 31.9. The largest absolute Gasteiger partial charge is 0.361 e. The second-order valence-corrected chi connectivity index (χ2v) is 27.4. The number of rotatable bonds is 16. The van der Waals surface area contributed by atoms with Gasteiger partial charge < -0.3 is 14.4 Å². The number of ether oxygens (including phenoxy) is 2. The molecule has 0 atom stereocenters. The molecule has 0 aliphatic heterocycles. The van der Waals surface area contributed by atoms with Gasteiger partial charge in [-0.05, 0) is 67.8 Å². The first kappa shape index (κ1) is 34.9. The third-order valence-corrected chi connectivity index (χ3v) is 13.1. The summed E-state index contributed by atoms with van der Waals surface area (Å²) < 4.78 is 16.6. The van der Waals surface area contributed by atoms with Gasteiger partial charge in [0, 0.05) is 64.4 Å². The maximum atomic E-state index is 6.36. The zero-order valence-electron chi connectivity index (χ0n) is 29.0. The van der Waals surface area contributed by atoms with E-state index >= 15 is 0 Å². The quantitative estimate of drug-likeness (QED) is 0.0668. The van der Waals surface area contributed by atoms with Gasteiger partial charge in [0.1, 0.15) is 19.3 Å². The van der Waals surface area contributed by atoms with Gasteiger partial charge in [-0.3, -0.25) is 0 Å². The average molecular weight is 679 g/mol. The van der Waals surface area contributed by atoms with Crippen molar-refractivity contribution in [3.63, 3.8) is 0 Å². The van der Waals surface area contributed by atoms with E-state index in [2.05, 4.69) is 74.8 Å². The number of hydrogen-bond acceptors (Lipinski definition) is 7. The standard InChI is InChI=1S/C35H54N6O2SSi2/c1-44-25-28-13-15-29(16-14-28)33-21-34(39(26-42-17-19-45(2,3)4)27-43-18-20-46(5,6)7)41-35(38-33)32(23-37-41)30-22-36-40(24-30)31-11-9-8-10-12-31/h8-12,21-24,28-29H,13-20,25-27H2,1-7H3/t28-,29-. The van der Waals surface area contributed by atoms with Crippen molar-refractivity contribution in [1.29, 1.82) is 0 Å². The van der Waals surface area contributed by atoms with E-state index in [1.165, 1.54) is 31.4 Å². The van der Waals surface area contributed by atoms with Crippen molar-refractivity contribution in [1.82, 2.24) is 24.4 Å². The van der Waals surface area contributed by atoms with Crippen LogP contribution in [0, 0.1) is 5.92 Å². The molecule has 8 nitrogen and oxygen atoms in total. The highest BCUT2D eigenvalue weighted by Gasteiger charge is 2.27. The summed E-state index contributed by atoms with van der Waals surface area (Å²) in [5.41, 5.74) is 5.03. The highest BCUT2D eigenvalue weighted by atomic mass is 32.2. The first-order valence-corrected chi connectivity index (χ1v) is 25.7. The number of anilines is 1. The van der Waals surface area contributed by atoms with Crippen molar-refractivity contribution in [2.75, 3.05) is 43.6 Å². The molecule has 1 aromatic carbocycles. The Labute approximate surface area is 282 Å². The molecule has 0 spiro atoms. The molecule has 3 aromatic heterocycles. The van der Waals surface area contributed by atoms with Crippen LogP contribution in [-0.4, -0.2) is 79.2 Å². The third kappa shape index (κ3) is 9.56. The smallest absolute Gasteiger partial charge is 0.165 e. The van der Waals surface area contributed by atoms with E-state index in [-0.39, 0.29) is 0 Å². The van der Waals surface area contributed by atoms with Crippen molar-refractivity contribution in [2.45, 2.75) is 83.0 Å². The van der Waals surface area contributed by atoms with E-state index < -0.39 is 16.1 Å². The zero-order chi connectivity index (χ0) is 32.7. The van der Waals surface area contributed by atoms with Crippen LogP contribution in [0.4, 0.5) is 5.82 Å². The van der Waals surface area contributed by atoms with Crippen molar-refractivity contribution in [3.05, 3.63) is 60.7 Å². The Morgan fingerprint density at radius 1 is 0.870 bits per heavy atom. The van der Waals surface area contributed by atoms with Gasteiger partial charge in [0.2, 0.25) is 0 Å². The summed E-state index contributed by atoms with van der Waals surface area (Å²) in [4.78, 5) is 7.57. The summed E-state index contributed by atoms with van der Waals surface area (Å²) in [5.74, 6) is 3.47. The Bertz CT molecular complexity index is 1500. The van der Waals surface area contributed by atoms with E-state index in [1.54, 1.807) is 0 Å². The van der Waals surface area contributed by atoms with Gasteiger partial charge in [0.05, 0.1) is 18.1 Å². The minimum atomic E-state index is -1.21. The summed E-state index contributed by atoms with van der Waals surface area (Å²) in [6, 6.07) is 14.7. The summed E-state index contributed by atoms with van der Waals surface area (Å²) in [6.07, 6.45) is 13.0. The predicted octanol–water partition coefficient (Wildman–Crippen LogP) is 8.65. The Morgan fingerprint density at radius 2 is 1.52 bits per heavy atom. The maximum Gasteiger partial charge on any atom is 0.165 e. The molecule has 0 radical (unpaired) electrons. The van der Waals surface area contributed by atoms with Gasteiger partial charge in [-0.1, -0.05) is 57.5 Å². The molecule has 0 N–H and O–H groups in total. The van der Waals surface area contributed by atoms with E-state index in [1.807, 2.05) is 51.6 Å². The number of hydrogen-bond donors (Lipinski definition) is 0. The van der Waals surface area contributed by atoms with Crippen LogP contribution in [0.5, 0.6) is 0 Å². The fraction of sp³-hybridized carbons (Fsp3) is 0.571. The highest BCUT2D eigenvalue weighted by molar-refractivity contribution is 7.98. The first-order valence-electron chi connectivity index (χ1n) is 16.9. The normalized spacial score (nSPS) is 17.5. The number of thioether (sulfide) groups is 1.